The standard InChI is InChI=1S/C20H26N2O4/c1-3-19(23)22(13-17-6-5-9-26-17)12-15-10-14-11-16(25-4-2)7-8-18(14)21-20(15)24/h7-8,10-11,17H,3-6,9,12-13H2,1-2H3,(H,21,24)/t17-/m0/s1. The van der Waals surface area contributed by atoms with Gasteiger partial charge in [-0.2, -0.15) is 0 Å². The number of H-pyrrole nitrogens is 1. The van der Waals surface area contributed by atoms with E-state index in [2.05, 4.69) is 4.98 Å². The Morgan fingerprint density at radius 1 is 1.35 bits per heavy atom. The van der Waals surface area contributed by atoms with Crippen molar-refractivity contribution in [1.29, 1.82) is 0 Å². The number of carbonyl (C=O) groups is 1. The van der Waals surface area contributed by atoms with Crippen molar-refractivity contribution in [2.24, 2.45) is 0 Å². The number of fused-ring (bicyclic) bond motifs is 1. The zero-order valence-electron chi connectivity index (χ0n) is 15.4. The fourth-order valence-electron chi connectivity index (χ4n) is 3.32. The molecule has 1 N–H and O–H groups in total. The molecule has 26 heavy (non-hydrogen) atoms. The summed E-state index contributed by atoms with van der Waals surface area (Å²) in [5, 5.41) is 0.895. The molecule has 140 valence electrons. The monoisotopic (exact) mass is 358 g/mol. The van der Waals surface area contributed by atoms with Crippen molar-refractivity contribution in [3.8, 4) is 5.75 Å². The number of amides is 1. The molecule has 0 aliphatic carbocycles. The van der Waals surface area contributed by atoms with E-state index >= 15 is 0 Å². The smallest absolute Gasteiger partial charge is 0.253 e. The Morgan fingerprint density at radius 3 is 2.88 bits per heavy atom. The second-order valence-electron chi connectivity index (χ2n) is 6.57. The molecule has 1 atom stereocenters. The number of nitrogens with zero attached hydrogens (tertiary/aromatic N) is 1. The van der Waals surface area contributed by atoms with E-state index in [0.29, 0.717) is 25.1 Å². The highest BCUT2D eigenvalue weighted by Crippen LogP contribution is 2.20. The van der Waals surface area contributed by atoms with Crippen LogP contribution in [0.15, 0.2) is 29.1 Å². The number of rotatable bonds is 7. The summed E-state index contributed by atoms with van der Waals surface area (Å²) in [4.78, 5) is 29.5. The normalized spacial score (nSPS) is 16.8. The van der Waals surface area contributed by atoms with Gasteiger partial charge in [-0.3, -0.25) is 9.59 Å². The number of ether oxygens (including phenoxy) is 2. The Hall–Kier alpha value is -2.34. The van der Waals surface area contributed by atoms with Gasteiger partial charge < -0.3 is 19.4 Å². The van der Waals surface area contributed by atoms with Crippen LogP contribution in [0.4, 0.5) is 0 Å². The molecule has 6 nitrogen and oxygen atoms in total. The summed E-state index contributed by atoms with van der Waals surface area (Å²) < 4.78 is 11.2. The average molecular weight is 358 g/mol. The molecule has 0 unspecified atom stereocenters. The van der Waals surface area contributed by atoms with Crippen molar-refractivity contribution in [2.75, 3.05) is 19.8 Å². The van der Waals surface area contributed by atoms with E-state index in [1.54, 1.807) is 4.90 Å². The van der Waals surface area contributed by atoms with E-state index in [4.69, 9.17) is 9.47 Å². The Morgan fingerprint density at radius 2 is 2.19 bits per heavy atom. The molecule has 0 radical (unpaired) electrons. The highest BCUT2D eigenvalue weighted by molar-refractivity contribution is 5.81. The summed E-state index contributed by atoms with van der Waals surface area (Å²) in [6, 6.07) is 7.44. The molecule has 1 aliphatic heterocycles. The Kier molecular flexibility index (Phi) is 5.93. The van der Waals surface area contributed by atoms with Crippen LogP contribution in [0.25, 0.3) is 10.9 Å². The van der Waals surface area contributed by atoms with Crippen molar-refractivity contribution < 1.29 is 14.3 Å². The van der Waals surface area contributed by atoms with Gasteiger partial charge in [0.1, 0.15) is 5.75 Å². The van der Waals surface area contributed by atoms with Gasteiger partial charge in [-0.05, 0) is 44.0 Å². The lowest BCUT2D eigenvalue weighted by Crippen LogP contribution is -2.37. The van der Waals surface area contributed by atoms with Gasteiger partial charge in [-0.1, -0.05) is 6.92 Å². The molecule has 1 saturated heterocycles. The second-order valence-corrected chi connectivity index (χ2v) is 6.57. The van der Waals surface area contributed by atoms with Crippen molar-refractivity contribution in [2.45, 2.75) is 45.8 Å². The number of hydrogen-bond donors (Lipinski definition) is 1. The van der Waals surface area contributed by atoms with E-state index < -0.39 is 0 Å². The first-order valence-electron chi connectivity index (χ1n) is 9.28. The number of benzene rings is 1. The van der Waals surface area contributed by atoms with E-state index in [9.17, 15) is 9.59 Å². The average Bonchev–Trinajstić information content (AvgIpc) is 3.14. The minimum atomic E-state index is -0.164. The first-order chi connectivity index (χ1) is 12.6. The van der Waals surface area contributed by atoms with Crippen LogP contribution in [-0.2, 0) is 16.1 Å². The quantitative estimate of drug-likeness (QED) is 0.826. The third kappa shape index (κ3) is 4.25. The van der Waals surface area contributed by atoms with Gasteiger partial charge in [0.2, 0.25) is 5.91 Å². The maximum Gasteiger partial charge on any atom is 0.253 e. The van der Waals surface area contributed by atoms with Gasteiger partial charge >= 0.3 is 0 Å². The predicted molar refractivity (Wildman–Crippen MR) is 100 cm³/mol. The lowest BCUT2D eigenvalue weighted by molar-refractivity contribution is -0.133. The van der Waals surface area contributed by atoms with Crippen molar-refractivity contribution in [1.82, 2.24) is 9.88 Å². The lowest BCUT2D eigenvalue weighted by atomic mass is 10.1. The van der Waals surface area contributed by atoms with Crippen LogP contribution in [0, 0.1) is 0 Å². The van der Waals surface area contributed by atoms with Gasteiger partial charge in [-0.15, -0.1) is 0 Å². The largest absolute Gasteiger partial charge is 0.494 e. The van der Waals surface area contributed by atoms with Gasteiger partial charge in [0, 0.05) is 36.0 Å². The Labute approximate surface area is 153 Å². The summed E-state index contributed by atoms with van der Waals surface area (Å²) in [5.41, 5.74) is 1.17. The molecule has 1 fully saturated rings. The molecule has 1 aromatic heterocycles. The third-order valence-corrected chi connectivity index (χ3v) is 4.67. The molecule has 3 rings (SSSR count). The summed E-state index contributed by atoms with van der Waals surface area (Å²) in [5.74, 6) is 0.793. The predicted octanol–water partition coefficient (Wildman–Crippen LogP) is 2.84. The number of carbonyl (C=O) groups excluding carboxylic acids is 1. The fraction of sp³-hybridized carbons (Fsp3) is 0.500. The van der Waals surface area contributed by atoms with Gasteiger partial charge in [0.15, 0.2) is 0 Å². The van der Waals surface area contributed by atoms with E-state index in [-0.39, 0.29) is 24.1 Å². The molecule has 6 heteroatoms. The first-order valence-corrected chi connectivity index (χ1v) is 9.28. The molecular formula is C20H26N2O4. The molecule has 0 saturated carbocycles. The number of aromatic amines is 1. The summed E-state index contributed by atoms with van der Waals surface area (Å²) in [6.07, 6.45) is 2.45. The second kappa shape index (κ2) is 8.36. The topological polar surface area (TPSA) is 71.6 Å². The van der Waals surface area contributed by atoms with Crippen LogP contribution < -0.4 is 10.3 Å². The molecule has 1 aliphatic rings. The molecule has 0 spiro atoms. The van der Waals surface area contributed by atoms with Crippen LogP contribution >= 0.6 is 0 Å². The van der Waals surface area contributed by atoms with Crippen LogP contribution in [0.2, 0.25) is 0 Å². The van der Waals surface area contributed by atoms with E-state index in [1.807, 2.05) is 38.1 Å². The summed E-state index contributed by atoms with van der Waals surface area (Å²) in [6.45, 7) is 5.92. The van der Waals surface area contributed by atoms with Gasteiger partial charge in [-0.25, -0.2) is 0 Å². The van der Waals surface area contributed by atoms with Crippen molar-refractivity contribution in [3.63, 3.8) is 0 Å². The van der Waals surface area contributed by atoms with Crippen LogP contribution in [0.1, 0.15) is 38.7 Å². The first kappa shape index (κ1) is 18.5. The molecule has 1 aromatic carbocycles. The molecule has 2 heterocycles. The SMILES string of the molecule is CCOc1ccc2[nH]c(=O)c(CN(C[C@@H]3CCCO3)C(=O)CC)cc2c1. The highest BCUT2D eigenvalue weighted by Gasteiger charge is 2.22. The Balaban J connectivity index is 1.87. The third-order valence-electron chi connectivity index (χ3n) is 4.67. The molecule has 1 amide bonds. The lowest BCUT2D eigenvalue weighted by Gasteiger charge is -2.25. The minimum Gasteiger partial charge on any atom is -0.494 e. The maximum absolute atomic E-state index is 12.5. The van der Waals surface area contributed by atoms with Crippen molar-refractivity contribution in [3.05, 3.63) is 40.2 Å². The summed E-state index contributed by atoms with van der Waals surface area (Å²) in [7, 11) is 0. The van der Waals surface area contributed by atoms with Crippen LogP contribution in [-0.4, -0.2) is 41.7 Å². The van der Waals surface area contributed by atoms with E-state index in [0.717, 1.165) is 36.1 Å². The zero-order valence-corrected chi connectivity index (χ0v) is 15.4. The summed E-state index contributed by atoms with van der Waals surface area (Å²) >= 11 is 0. The zero-order chi connectivity index (χ0) is 18.5. The molecular weight excluding hydrogens is 332 g/mol. The molecule has 2 aromatic rings. The number of pyridine rings is 1. The van der Waals surface area contributed by atoms with Crippen molar-refractivity contribution >= 4 is 16.8 Å². The van der Waals surface area contributed by atoms with Gasteiger partial charge in [0.05, 0.1) is 19.3 Å². The molecule has 0 bridgehead atoms. The minimum absolute atomic E-state index is 0.0306. The van der Waals surface area contributed by atoms with Crippen LogP contribution in [0.3, 0.4) is 0 Å². The number of hydrogen-bond acceptors (Lipinski definition) is 4. The van der Waals surface area contributed by atoms with E-state index in [1.165, 1.54) is 0 Å². The van der Waals surface area contributed by atoms with Gasteiger partial charge in [0.25, 0.3) is 5.56 Å². The number of aromatic nitrogens is 1. The van der Waals surface area contributed by atoms with Crippen LogP contribution in [0.5, 0.6) is 5.75 Å². The fourth-order valence-corrected chi connectivity index (χ4v) is 3.32. The highest BCUT2D eigenvalue weighted by atomic mass is 16.5. The Bertz CT molecular complexity index is 824. The maximum atomic E-state index is 12.5. The number of nitrogens with one attached hydrogen (secondary N) is 1.